The van der Waals surface area contributed by atoms with Crippen LogP contribution in [0.5, 0.6) is 0 Å². The molecule has 3 amide bonds. The number of piperazine rings is 1. The average molecular weight is 469 g/mol. The molecule has 2 aliphatic rings. The fourth-order valence-electron chi connectivity index (χ4n) is 5.06. The first-order valence-corrected chi connectivity index (χ1v) is 11.9. The standard InChI is InChI=1S/C28H28N4O3/c1-30-25(33)19-28(27(30)35,23-12-10-22(11-13-23)21-7-3-2-4-8-21)20-26(34)32-17-15-31(16-18-32)24-9-5-6-14-29-24/h2-14H,15-20H2,1H3/t28-/m1/s1. The van der Waals surface area contributed by atoms with Crippen molar-refractivity contribution in [2.24, 2.45) is 0 Å². The maximum Gasteiger partial charge on any atom is 0.240 e. The maximum absolute atomic E-state index is 13.4. The van der Waals surface area contributed by atoms with Gasteiger partial charge >= 0.3 is 0 Å². The van der Waals surface area contributed by atoms with Crippen LogP contribution in [-0.4, -0.2) is 65.7 Å². The van der Waals surface area contributed by atoms with Gasteiger partial charge in [0.1, 0.15) is 5.82 Å². The highest BCUT2D eigenvalue weighted by molar-refractivity contribution is 6.10. The molecule has 0 spiro atoms. The summed E-state index contributed by atoms with van der Waals surface area (Å²) in [7, 11) is 1.50. The number of rotatable bonds is 5. The molecule has 3 aromatic rings. The fourth-order valence-corrected chi connectivity index (χ4v) is 5.06. The first-order chi connectivity index (χ1) is 17.0. The van der Waals surface area contributed by atoms with Gasteiger partial charge in [-0.05, 0) is 28.8 Å². The van der Waals surface area contributed by atoms with E-state index < -0.39 is 5.41 Å². The summed E-state index contributed by atoms with van der Waals surface area (Å²) in [6.07, 6.45) is 1.75. The van der Waals surface area contributed by atoms with Crippen LogP contribution in [0, 0.1) is 0 Å². The van der Waals surface area contributed by atoms with Gasteiger partial charge in [0.2, 0.25) is 17.7 Å². The van der Waals surface area contributed by atoms with Crippen molar-refractivity contribution in [3.8, 4) is 11.1 Å². The van der Waals surface area contributed by atoms with Gasteiger partial charge in [-0.3, -0.25) is 19.3 Å². The summed E-state index contributed by atoms with van der Waals surface area (Å²) in [5.41, 5.74) is 1.63. The molecule has 0 N–H and O–H groups in total. The highest BCUT2D eigenvalue weighted by Crippen LogP contribution is 2.40. The molecule has 0 radical (unpaired) electrons. The summed E-state index contributed by atoms with van der Waals surface area (Å²) >= 11 is 0. The lowest BCUT2D eigenvalue weighted by atomic mass is 9.75. The van der Waals surface area contributed by atoms with Crippen molar-refractivity contribution in [1.82, 2.24) is 14.8 Å². The molecule has 178 valence electrons. The van der Waals surface area contributed by atoms with E-state index in [9.17, 15) is 14.4 Å². The van der Waals surface area contributed by atoms with Gasteiger partial charge in [-0.15, -0.1) is 0 Å². The molecule has 2 saturated heterocycles. The topological polar surface area (TPSA) is 73.8 Å². The lowest BCUT2D eigenvalue weighted by molar-refractivity contribution is -0.141. The second-order valence-corrected chi connectivity index (χ2v) is 9.19. The molecule has 1 atom stereocenters. The molecule has 7 nitrogen and oxygen atoms in total. The smallest absolute Gasteiger partial charge is 0.240 e. The molecule has 5 rings (SSSR count). The lowest BCUT2D eigenvalue weighted by Gasteiger charge is -2.37. The minimum Gasteiger partial charge on any atom is -0.353 e. The summed E-state index contributed by atoms with van der Waals surface area (Å²) < 4.78 is 0. The van der Waals surface area contributed by atoms with Gasteiger partial charge in [0.05, 0.1) is 5.41 Å². The van der Waals surface area contributed by atoms with E-state index in [2.05, 4.69) is 9.88 Å². The largest absolute Gasteiger partial charge is 0.353 e. The van der Waals surface area contributed by atoms with E-state index in [0.717, 1.165) is 21.8 Å². The number of nitrogens with zero attached hydrogens (tertiary/aromatic N) is 4. The number of carbonyl (C=O) groups is 3. The average Bonchev–Trinajstić information content (AvgIpc) is 3.13. The van der Waals surface area contributed by atoms with Crippen LogP contribution in [0.4, 0.5) is 5.82 Å². The predicted octanol–water partition coefficient (Wildman–Crippen LogP) is 3.11. The van der Waals surface area contributed by atoms with Gasteiger partial charge in [0.25, 0.3) is 0 Å². The van der Waals surface area contributed by atoms with Crippen LogP contribution >= 0.6 is 0 Å². The number of carbonyl (C=O) groups excluding carboxylic acids is 3. The molecule has 35 heavy (non-hydrogen) atoms. The van der Waals surface area contributed by atoms with Crippen LogP contribution in [0.15, 0.2) is 79.0 Å². The van der Waals surface area contributed by atoms with E-state index in [0.29, 0.717) is 31.7 Å². The van der Waals surface area contributed by atoms with Crippen LogP contribution < -0.4 is 4.90 Å². The molecule has 3 heterocycles. The Hall–Kier alpha value is -4.00. The SMILES string of the molecule is CN1C(=O)C[C@@](CC(=O)N2CCN(c3ccccn3)CC2)(c2ccc(-c3ccccc3)cc2)C1=O. The van der Waals surface area contributed by atoms with Crippen LogP contribution in [0.3, 0.4) is 0 Å². The third-order valence-corrected chi connectivity index (χ3v) is 7.14. The van der Waals surface area contributed by atoms with Crippen molar-refractivity contribution in [2.75, 3.05) is 38.1 Å². The summed E-state index contributed by atoms with van der Waals surface area (Å²) in [6.45, 7) is 2.45. The molecule has 0 saturated carbocycles. The molecule has 0 bridgehead atoms. The summed E-state index contributed by atoms with van der Waals surface area (Å²) in [5, 5.41) is 0. The molecule has 2 fully saturated rings. The zero-order valence-corrected chi connectivity index (χ0v) is 19.8. The van der Waals surface area contributed by atoms with E-state index in [-0.39, 0.29) is 30.6 Å². The Morgan fingerprint density at radius 2 is 1.51 bits per heavy atom. The van der Waals surface area contributed by atoms with E-state index in [1.165, 1.54) is 7.05 Å². The fraction of sp³-hybridized carbons (Fsp3) is 0.286. The van der Waals surface area contributed by atoms with Gasteiger partial charge in [0, 0.05) is 52.3 Å². The molecule has 7 heteroatoms. The van der Waals surface area contributed by atoms with Crippen molar-refractivity contribution in [3.63, 3.8) is 0 Å². The van der Waals surface area contributed by atoms with Gasteiger partial charge in [-0.25, -0.2) is 4.98 Å². The molecular weight excluding hydrogens is 440 g/mol. The zero-order valence-electron chi connectivity index (χ0n) is 19.8. The van der Waals surface area contributed by atoms with Crippen LogP contribution in [0.25, 0.3) is 11.1 Å². The van der Waals surface area contributed by atoms with Crippen LogP contribution in [0.2, 0.25) is 0 Å². The number of hydrogen-bond donors (Lipinski definition) is 0. The van der Waals surface area contributed by atoms with E-state index in [4.69, 9.17) is 0 Å². The Morgan fingerprint density at radius 3 is 2.11 bits per heavy atom. The highest BCUT2D eigenvalue weighted by Gasteiger charge is 2.53. The monoisotopic (exact) mass is 468 g/mol. The van der Waals surface area contributed by atoms with Crippen molar-refractivity contribution in [2.45, 2.75) is 18.3 Å². The first-order valence-electron chi connectivity index (χ1n) is 11.9. The number of likely N-dealkylation sites (tertiary alicyclic amines) is 1. The molecule has 2 aliphatic heterocycles. The summed E-state index contributed by atoms with van der Waals surface area (Å²) in [6, 6.07) is 23.5. The van der Waals surface area contributed by atoms with Crippen molar-refractivity contribution in [3.05, 3.63) is 84.6 Å². The molecule has 0 aliphatic carbocycles. The van der Waals surface area contributed by atoms with E-state index in [1.807, 2.05) is 72.8 Å². The minimum atomic E-state index is -1.17. The number of hydrogen-bond acceptors (Lipinski definition) is 5. The number of anilines is 1. The number of benzene rings is 2. The number of imide groups is 1. The Bertz CT molecular complexity index is 1220. The Kier molecular flexibility index (Phi) is 6.07. The normalized spacial score (nSPS) is 20.4. The third kappa shape index (κ3) is 4.30. The van der Waals surface area contributed by atoms with Crippen molar-refractivity contribution >= 4 is 23.5 Å². The van der Waals surface area contributed by atoms with Gasteiger partial charge in [-0.2, -0.15) is 0 Å². The van der Waals surface area contributed by atoms with E-state index in [1.54, 1.807) is 11.1 Å². The molecule has 2 aromatic carbocycles. The molecule has 0 unspecified atom stereocenters. The molecular formula is C28H28N4O3. The number of aromatic nitrogens is 1. The van der Waals surface area contributed by atoms with Gasteiger partial charge in [-0.1, -0.05) is 60.7 Å². The number of amides is 3. The lowest BCUT2D eigenvalue weighted by Crippen LogP contribution is -2.51. The Labute approximate surface area is 205 Å². The first kappa shape index (κ1) is 22.8. The third-order valence-electron chi connectivity index (χ3n) is 7.14. The quantitative estimate of drug-likeness (QED) is 0.538. The van der Waals surface area contributed by atoms with Gasteiger partial charge < -0.3 is 9.80 Å². The Morgan fingerprint density at radius 1 is 0.857 bits per heavy atom. The second-order valence-electron chi connectivity index (χ2n) is 9.19. The summed E-state index contributed by atoms with van der Waals surface area (Å²) in [5.74, 6) is 0.229. The van der Waals surface area contributed by atoms with E-state index >= 15 is 0 Å². The number of pyridine rings is 1. The molecule has 1 aromatic heterocycles. The van der Waals surface area contributed by atoms with Crippen molar-refractivity contribution < 1.29 is 14.4 Å². The highest BCUT2D eigenvalue weighted by atomic mass is 16.2. The van der Waals surface area contributed by atoms with Crippen molar-refractivity contribution in [1.29, 1.82) is 0 Å². The Balaban J connectivity index is 1.36. The van der Waals surface area contributed by atoms with Gasteiger partial charge in [0.15, 0.2) is 0 Å². The van der Waals surface area contributed by atoms with Crippen LogP contribution in [0.1, 0.15) is 18.4 Å². The zero-order chi connectivity index (χ0) is 24.4. The summed E-state index contributed by atoms with van der Waals surface area (Å²) in [4.78, 5) is 48.9. The predicted molar refractivity (Wildman–Crippen MR) is 134 cm³/mol. The van der Waals surface area contributed by atoms with Crippen LogP contribution in [-0.2, 0) is 19.8 Å². The second kappa shape index (κ2) is 9.33. The number of likely N-dealkylation sites (N-methyl/N-ethyl adjacent to an activating group) is 1. The maximum atomic E-state index is 13.4. The minimum absolute atomic E-state index is 0.00660.